The first-order chi connectivity index (χ1) is 16.0. The molecule has 0 bridgehead atoms. The second-order valence-corrected chi connectivity index (χ2v) is 8.82. The largest absolute Gasteiger partial charge is 0.486 e. The minimum Gasteiger partial charge on any atom is -0.486 e. The summed E-state index contributed by atoms with van der Waals surface area (Å²) in [5.41, 5.74) is 1.84. The van der Waals surface area contributed by atoms with Crippen LogP contribution in [-0.4, -0.2) is 53.4 Å². The number of hydrogen-bond acceptors (Lipinski definition) is 7. The molecule has 3 aromatic rings. The monoisotopic (exact) mass is 488 g/mol. The van der Waals surface area contributed by atoms with Gasteiger partial charge >= 0.3 is 0 Å². The first kappa shape index (κ1) is 23.4. The Hall–Kier alpha value is -2.75. The molecule has 2 heterocycles. The van der Waals surface area contributed by atoms with Gasteiger partial charge in [-0.25, -0.2) is 0 Å². The highest BCUT2D eigenvalue weighted by atomic mass is 35.5. The van der Waals surface area contributed by atoms with Crippen molar-refractivity contribution in [3.8, 4) is 22.9 Å². The first-order valence-electron chi connectivity index (χ1n) is 10.5. The van der Waals surface area contributed by atoms with Crippen LogP contribution in [0.15, 0.2) is 47.6 Å². The summed E-state index contributed by atoms with van der Waals surface area (Å²) in [6.45, 7) is 4.08. The van der Waals surface area contributed by atoms with Crippen LogP contribution in [0, 0.1) is 0 Å². The van der Waals surface area contributed by atoms with E-state index in [1.54, 1.807) is 7.11 Å². The van der Waals surface area contributed by atoms with Gasteiger partial charge in [0.15, 0.2) is 22.5 Å². The number of halogens is 1. The zero-order valence-corrected chi connectivity index (χ0v) is 20.0. The highest BCUT2D eigenvalue weighted by Crippen LogP contribution is 2.32. The van der Waals surface area contributed by atoms with E-state index < -0.39 is 0 Å². The summed E-state index contributed by atoms with van der Waals surface area (Å²) in [5, 5.41) is 13.0. The van der Waals surface area contributed by atoms with Gasteiger partial charge in [-0.2, -0.15) is 0 Å². The van der Waals surface area contributed by atoms with Crippen molar-refractivity contribution in [2.75, 3.05) is 32.7 Å². The molecule has 1 amide bonds. The average Bonchev–Trinajstić information content (AvgIpc) is 3.24. The number of nitrogens with zero attached hydrogens (tertiary/aromatic N) is 3. The number of thioether (sulfide) groups is 1. The number of aromatic nitrogens is 3. The Labute approximate surface area is 201 Å². The zero-order chi connectivity index (χ0) is 23.2. The van der Waals surface area contributed by atoms with Gasteiger partial charge in [0.1, 0.15) is 13.2 Å². The standard InChI is InChI=1S/C23H25ClN4O4S/c1-15(17-5-8-19-20(13-17)32-12-11-31-19)25-21(29)14-33-23-27-26-22(28(23)9-10-30-2)16-3-6-18(24)7-4-16/h3-8,13,15H,9-12,14H2,1-2H3,(H,25,29)/t15-/m0/s1. The fourth-order valence-corrected chi connectivity index (χ4v) is 4.32. The molecular formula is C23H25ClN4O4S. The van der Waals surface area contributed by atoms with Crippen molar-refractivity contribution >= 4 is 29.3 Å². The van der Waals surface area contributed by atoms with Crippen molar-refractivity contribution in [2.45, 2.75) is 24.7 Å². The molecule has 8 nitrogen and oxygen atoms in total. The van der Waals surface area contributed by atoms with Crippen LogP contribution in [0.25, 0.3) is 11.4 Å². The zero-order valence-electron chi connectivity index (χ0n) is 18.4. The molecule has 0 spiro atoms. The molecule has 0 aliphatic carbocycles. The van der Waals surface area contributed by atoms with Crippen LogP contribution < -0.4 is 14.8 Å². The van der Waals surface area contributed by atoms with Gasteiger partial charge in [0.2, 0.25) is 5.91 Å². The Bertz CT molecular complexity index is 1110. The maximum absolute atomic E-state index is 12.6. The molecule has 174 valence electrons. The van der Waals surface area contributed by atoms with E-state index in [9.17, 15) is 4.79 Å². The number of carbonyl (C=O) groups excluding carboxylic acids is 1. The molecule has 0 radical (unpaired) electrons. The molecule has 33 heavy (non-hydrogen) atoms. The number of amides is 1. The maximum Gasteiger partial charge on any atom is 0.230 e. The van der Waals surface area contributed by atoms with E-state index in [-0.39, 0.29) is 17.7 Å². The smallest absolute Gasteiger partial charge is 0.230 e. The van der Waals surface area contributed by atoms with Crippen LogP contribution in [0.1, 0.15) is 18.5 Å². The molecule has 0 saturated carbocycles. The Morgan fingerprint density at radius 1 is 1.18 bits per heavy atom. The molecule has 1 aliphatic heterocycles. The number of ether oxygens (including phenoxy) is 3. The van der Waals surface area contributed by atoms with Crippen LogP contribution in [-0.2, 0) is 16.1 Å². The summed E-state index contributed by atoms with van der Waals surface area (Å²) in [5.74, 6) is 2.25. The van der Waals surface area contributed by atoms with Crippen molar-refractivity contribution in [3.63, 3.8) is 0 Å². The number of carbonyl (C=O) groups is 1. The van der Waals surface area contributed by atoms with E-state index in [0.29, 0.717) is 48.1 Å². The minimum absolute atomic E-state index is 0.100. The Morgan fingerprint density at radius 2 is 1.94 bits per heavy atom. The third-order valence-corrected chi connectivity index (χ3v) is 6.33. The Kier molecular flexibility index (Phi) is 7.74. The van der Waals surface area contributed by atoms with Crippen LogP contribution in [0.4, 0.5) is 0 Å². The number of rotatable bonds is 9. The lowest BCUT2D eigenvalue weighted by molar-refractivity contribution is -0.119. The van der Waals surface area contributed by atoms with Gasteiger partial charge in [0, 0.05) is 17.7 Å². The lowest BCUT2D eigenvalue weighted by Gasteiger charge is -2.21. The number of hydrogen-bond donors (Lipinski definition) is 1. The molecular weight excluding hydrogens is 464 g/mol. The second kappa shape index (κ2) is 10.9. The molecule has 2 aromatic carbocycles. The van der Waals surface area contributed by atoms with E-state index in [0.717, 1.165) is 16.9 Å². The normalized spacial score (nSPS) is 13.5. The van der Waals surface area contributed by atoms with Crippen LogP contribution in [0.2, 0.25) is 5.02 Å². The Morgan fingerprint density at radius 3 is 2.70 bits per heavy atom. The lowest BCUT2D eigenvalue weighted by Crippen LogP contribution is -2.28. The molecule has 0 fully saturated rings. The van der Waals surface area contributed by atoms with E-state index in [1.165, 1.54) is 11.8 Å². The van der Waals surface area contributed by atoms with Crippen molar-refractivity contribution in [1.82, 2.24) is 20.1 Å². The highest BCUT2D eigenvalue weighted by molar-refractivity contribution is 7.99. The fourth-order valence-electron chi connectivity index (χ4n) is 3.42. The summed E-state index contributed by atoms with van der Waals surface area (Å²) in [7, 11) is 1.64. The molecule has 1 N–H and O–H groups in total. The maximum atomic E-state index is 12.6. The number of benzene rings is 2. The van der Waals surface area contributed by atoms with Crippen molar-refractivity contribution in [1.29, 1.82) is 0 Å². The second-order valence-electron chi connectivity index (χ2n) is 7.44. The summed E-state index contributed by atoms with van der Waals surface area (Å²) in [4.78, 5) is 12.6. The van der Waals surface area contributed by atoms with Gasteiger partial charge < -0.3 is 19.5 Å². The van der Waals surface area contributed by atoms with Gasteiger partial charge in [-0.05, 0) is 48.9 Å². The lowest BCUT2D eigenvalue weighted by atomic mass is 10.1. The number of fused-ring (bicyclic) bond motifs is 1. The van der Waals surface area contributed by atoms with Gasteiger partial charge in [0.25, 0.3) is 0 Å². The molecule has 1 atom stereocenters. The van der Waals surface area contributed by atoms with Crippen molar-refractivity contribution < 1.29 is 19.0 Å². The summed E-state index contributed by atoms with van der Waals surface area (Å²) >= 11 is 7.34. The van der Waals surface area contributed by atoms with E-state index >= 15 is 0 Å². The van der Waals surface area contributed by atoms with Crippen LogP contribution in [0.5, 0.6) is 11.5 Å². The highest BCUT2D eigenvalue weighted by Gasteiger charge is 2.18. The Balaban J connectivity index is 1.40. The summed E-state index contributed by atoms with van der Waals surface area (Å²) in [6.07, 6.45) is 0. The predicted octanol–water partition coefficient (Wildman–Crippen LogP) is 3.99. The first-order valence-corrected chi connectivity index (χ1v) is 11.9. The van der Waals surface area contributed by atoms with E-state index in [4.69, 9.17) is 25.8 Å². The SMILES string of the molecule is COCCn1c(SCC(=O)N[C@@H](C)c2ccc3c(c2)OCCO3)nnc1-c1ccc(Cl)cc1. The molecule has 4 rings (SSSR count). The molecule has 1 aromatic heterocycles. The van der Waals surface area contributed by atoms with Gasteiger partial charge in [0.05, 0.1) is 24.9 Å². The average molecular weight is 489 g/mol. The van der Waals surface area contributed by atoms with Gasteiger partial charge in [-0.15, -0.1) is 10.2 Å². The quantitative estimate of drug-likeness (QED) is 0.456. The molecule has 0 unspecified atom stereocenters. The van der Waals surface area contributed by atoms with E-state index in [1.807, 2.05) is 54.0 Å². The van der Waals surface area contributed by atoms with Crippen molar-refractivity contribution in [2.24, 2.45) is 0 Å². The topological polar surface area (TPSA) is 87.5 Å². The third-order valence-electron chi connectivity index (χ3n) is 5.11. The van der Waals surface area contributed by atoms with Gasteiger partial charge in [-0.3, -0.25) is 9.36 Å². The van der Waals surface area contributed by atoms with Crippen LogP contribution in [0.3, 0.4) is 0 Å². The third kappa shape index (κ3) is 5.79. The fraction of sp³-hybridized carbons (Fsp3) is 0.348. The molecule has 10 heteroatoms. The van der Waals surface area contributed by atoms with Crippen molar-refractivity contribution in [3.05, 3.63) is 53.1 Å². The van der Waals surface area contributed by atoms with Crippen LogP contribution >= 0.6 is 23.4 Å². The van der Waals surface area contributed by atoms with Gasteiger partial charge in [-0.1, -0.05) is 29.4 Å². The summed E-state index contributed by atoms with van der Waals surface area (Å²) in [6, 6.07) is 13.0. The minimum atomic E-state index is -0.176. The molecule has 0 saturated heterocycles. The van der Waals surface area contributed by atoms with E-state index in [2.05, 4.69) is 15.5 Å². The summed E-state index contributed by atoms with van der Waals surface area (Å²) < 4.78 is 18.4. The molecule has 1 aliphatic rings. The predicted molar refractivity (Wildman–Crippen MR) is 127 cm³/mol. The number of nitrogens with one attached hydrogen (secondary N) is 1. The number of methoxy groups -OCH3 is 1.